The van der Waals surface area contributed by atoms with Gasteiger partial charge in [-0.2, -0.15) is 0 Å². The molecule has 10 heavy (non-hydrogen) atoms. The fourth-order valence-electron chi connectivity index (χ4n) is 0. The molecule has 32 valence electrons. The van der Waals surface area contributed by atoms with Crippen molar-refractivity contribution in [1.82, 2.24) is 0 Å². The SMILES string of the molecule is [Ba+2].[Ba+2].[Ba+2].[P-3].[P-3].[P-3].[P-3].[Zn+2].[Zn+2].[Zn+2]. The zero-order chi connectivity index (χ0) is 0. The third kappa shape index (κ3) is 55.4. The molecule has 0 radical (unpaired) electrons. The molecule has 0 saturated carbocycles. The van der Waals surface area contributed by atoms with Crippen molar-refractivity contribution in [3.05, 3.63) is 0 Å². The van der Waals surface area contributed by atoms with Gasteiger partial charge in [0.15, 0.2) is 0 Å². The van der Waals surface area contributed by atoms with E-state index in [-0.39, 0.29) is 245 Å². The first-order chi connectivity index (χ1) is 0. The van der Waals surface area contributed by atoms with Crippen molar-refractivity contribution in [2.24, 2.45) is 0 Å². The second kappa shape index (κ2) is 66.7. The topological polar surface area (TPSA) is 0 Å². The molecule has 0 fully saturated rings. The maximum Gasteiger partial charge on any atom is 2.00 e. The summed E-state index contributed by atoms with van der Waals surface area (Å²) in [7, 11) is 0. The van der Waals surface area contributed by atoms with Crippen LogP contribution in [-0.4, -0.2) is 147 Å². The molecule has 0 aromatic rings. The van der Waals surface area contributed by atoms with Gasteiger partial charge in [-0.05, 0) is 0 Å². The minimum Gasteiger partial charge on any atom is -3.00 e. The first kappa shape index (κ1) is 79.5. The summed E-state index contributed by atoms with van der Waals surface area (Å²) in [6.07, 6.45) is 0. The Hall–Kier alpha value is 8.30. The van der Waals surface area contributed by atoms with E-state index < -0.39 is 0 Å². The van der Waals surface area contributed by atoms with E-state index in [1.807, 2.05) is 0 Å². The van der Waals surface area contributed by atoms with Crippen LogP contribution in [0, 0.1) is 0 Å². The zero-order valence-electron chi connectivity index (χ0n) is 6.03. The van der Waals surface area contributed by atoms with Crippen LogP contribution in [0.15, 0.2) is 0 Å². The summed E-state index contributed by atoms with van der Waals surface area (Å²) >= 11 is 0. The molecule has 0 spiro atoms. The minimum absolute atomic E-state index is 0. The molecule has 0 heterocycles. The van der Waals surface area contributed by atoms with Crippen LogP contribution in [0.1, 0.15) is 0 Å². The predicted octanol–water partition coefficient (Wildman–Crippen LogP) is 2.29. The van der Waals surface area contributed by atoms with Crippen molar-refractivity contribution in [3.8, 4) is 0 Å². The average molecular weight is 732 g/mol. The molecular formula is Ba3P4Zn3. The molecule has 0 aromatic heterocycles. The van der Waals surface area contributed by atoms with Gasteiger partial charge in [0.25, 0.3) is 0 Å². The van der Waals surface area contributed by atoms with Gasteiger partial charge >= 0.3 is 205 Å². The Balaban J connectivity index is 0. The molecule has 0 rings (SSSR count). The van der Waals surface area contributed by atoms with E-state index in [9.17, 15) is 0 Å². The van der Waals surface area contributed by atoms with E-state index in [1.165, 1.54) is 0 Å². The van der Waals surface area contributed by atoms with E-state index >= 15 is 0 Å². The van der Waals surface area contributed by atoms with Crippen LogP contribution in [-0.2, 0) is 58.4 Å². The van der Waals surface area contributed by atoms with Gasteiger partial charge in [0.1, 0.15) is 0 Å². The van der Waals surface area contributed by atoms with E-state index in [1.54, 1.807) is 0 Å². The quantitative estimate of drug-likeness (QED) is 0.266. The van der Waals surface area contributed by atoms with Crippen molar-refractivity contribution in [2.45, 2.75) is 0 Å². The van der Waals surface area contributed by atoms with Gasteiger partial charge in [0.05, 0.1) is 0 Å². The summed E-state index contributed by atoms with van der Waals surface area (Å²) in [6, 6.07) is 0. The Morgan fingerprint density at radius 3 is 0.300 bits per heavy atom. The Morgan fingerprint density at radius 2 is 0.300 bits per heavy atom. The van der Waals surface area contributed by atoms with Gasteiger partial charge < -0.3 is 39.6 Å². The van der Waals surface area contributed by atoms with Gasteiger partial charge in [-0.1, -0.05) is 0 Å². The standard InChI is InChI=1S/3Ba.4P.3Zn/q3*+2;4*-3;3*+2. The molecule has 0 aliphatic rings. The first-order valence-electron chi connectivity index (χ1n) is 0. The maximum absolute atomic E-state index is 0. The Bertz CT molecular complexity index is 15.7. The fraction of sp³-hybridized carbons (Fsp3) is 0. The largest absolute Gasteiger partial charge is 3.00 e. The van der Waals surface area contributed by atoms with E-state index in [0.717, 1.165) is 0 Å². The van der Waals surface area contributed by atoms with Crippen LogP contribution in [0.25, 0.3) is 0 Å². The molecule has 0 bridgehead atoms. The fourth-order valence-corrected chi connectivity index (χ4v) is 0. The van der Waals surface area contributed by atoms with Gasteiger partial charge in [-0.25, -0.2) is 0 Å². The molecule has 0 unspecified atom stereocenters. The van der Waals surface area contributed by atoms with Crippen molar-refractivity contribution in [3.63, 3.8) is 0 Å². The van der Waals surface area contributed by atoms with E-state index in [4.69, 9.17) is 0 Å². The molecular weight excluding hydrogens is 732 g/mol. The Kier molecular flexibility index (Phi) is 530. The molecule has 0 amide bonds. The van der Waals surface area contributed by atoms with Crippen molar-refractivity contribution in [1.29, 1.82) is 0 Å². The molecule has 0 aromatic carbocycles. The van der Waals surface area contributed by atoms with Crippen molar-refractivity contribution >= 4 is 186 Å². The molecule has 10 heteroatoms. The smallest absolute Gasteiger partial charge is 2.00 e. The third-order valence-corrected chi connectivity index (χ3v) is 0. The van der Waals surface area contributed by atoms with Crippen LogP contribution in [0.5, 0.6) is 0 Å². The first-order valence-corrected chi connectivity index (χ1v) is 0. The summed E-state index contributed by atoms with van der Waals surface area (Å²) in [5.74, 6) is 0. The van der Waals surface area contributed by atoms with Crippen molar-refractivity contribution < 1.29 is 58.4 Å². The van der Waals surface area contributed by atoms with Crippen LogP contribution < -0.4 is 0 Å². The summed E-state index contributed by atoms with van der Waals surface area (Å²) in [5, 5.41) is 0. The molecule has 0 atom stereocenters. The summed E-state index contributed by atoms with van der Waals surface area (Å²) in [4.78, 5) is 0. The minimum atomic E-state index is 0. The molecule has 0 nitrogen and oxygen atoms in total. The van der Waals surface area contributed by atoms with Crippen LogP contribution in [0.2, 0.25) is 0 Å². The van der Waals surface area contributed by atoms with Crippen LogP contribution in [0.3, 0.4) is 0 Å². The van der Waals surface area contributed by atoms with E-state index in [2.05, 4.69) is 0 Å². The second-order valence-corrected chi connectivity index (χ2v) is 0. The van der Waals surface area contributed by atoms with Crippen molar-refractivity contribution in [2.75, 3.05) is 0 Å². The second-order valence-electron chi connectivity index (χ2n) is 0. The normalized spacial score (nSPS) is 0. The molecule has 0 aliphatic carbocycles. The van der Waals surface area contributed by atoms with Gasteiger partial charge in [0.2, 0.25) is 0 Å². The number of hydrogen-bond acceptors (Lipinski definition) is 0. The monoisotopic (exact) mass is 729 g/mol. The molecule has 0 saturated heterocycles. The van der Waals surface area contributed by atoms with Gasteiger partial charge in [-0.15, -0.1) is 0 Å². The predicted molar refractivity (Wildman–Crippen MR) is 44.9 cm³/mol. The van der Waals surface area contributed by atoms with Gasteiger partial charge in [0, 0.05) is 0 Å². The zero-order valence-corrected chi connectivity index (χ0v) is 31.8. The maximum atomic E-state index is 0. The summed E-state index contributed by atoms with van der Waals surface area (Å²) < 4.78 is 0. The van der Waals surface area contributed by atoms with Crippen LogP contribution in [0.4, 0.5) is 0 Å². The third-order valence-electron chi connectivity index (χ3n) is 0. The molecule has 0 N–H and O–H groups in total. The van der Waals surface area contributed by atoms with E-state index in [0.29, 0.717) is 0 Å². The number of rotatable bonds is 0. The Labute approximate surface area is 237 Å². The number of hydrogen-bond donors (Lipinski definition) is 0. The average Bonchev–Trinajstić information content (AvgIpc) is 0. The summed E-state index contributed by atoms with van der Waals surface area (Å²) in [6.45, 7) is 0. The molecule has 0 aliphatic heterocycles. The Morgan fingerprint density at radius 1 is 0.300 bits per heavy atom. The summed E-state index contributed by atoms with van der Waals surface area (Å²) in [5.41, 5.74) is 0. The van der Waals surface area contributed by atoms with Crippen LogP contribution >= 0.6 is 39.6 Å². The van der Waals surface area contributed by atoms with Gasteiger partial charge in [-0.3, -0.25) is 0 Å².